The molecule has 0 aromatic rings. The zero-order valence-electron chi connectivity index (χ0n) is 18.0. The summed E-state index contributed by atoms with van der Waals surface area (Å²) in [6.07, 6.45) is 6.79. The van der Waals surface area contributed by atoms with Gasteiger partial charge in [0, 0.05) is 27.8 Å². The van der Waals surface area contributed by atoms with E-state index in [4.69, 9.17) is 13.6 Å². The second-order valence-electron chi connectivity index (χ2n) is 7.65. The molecule has 3 unspecified atom stereocenters. The molecule has 9 heteroatoms. The molecule has 0 aromatic heterocycles. The molecule has 1 fully saturated rings. The molecular weight excluding hydrogens is 400 g/mol. The van der Waals surface area contributed by atoms with Gasteiger partial charge in [0.15, 0.2) is 0 Å². The SMILES string of the molecule is CCCCCCCC(=O)C1CCC[Si](OC)(OC)C1(OC)C(CC)S(=O)(=O)O. The molecule has 1 rings (SSSR count). The Kier molecular flexibility index (Phi) is 10.3. The molecule has 1 aliphatic heterocycles. The van der Waals surface area contributed by atoms with Gasteiger partial charge in [-0.25, -0.2) is 0 Å². The zero-order chi connectivity index (χ0) is 21.4. The fourth-order valence-corrected chi connectivity index (χ4v) is 11.2. The van der Waals surface area contributed by atoms with Crippen molar-refractivity contribution in [3.05, 3.63) is 0 Å². The number of unbranched alkanes of at least 4 members (excludes halogenated alkanes) is 4. The standard InChI is InChI=1S/C19H38O7SSi/c1-6-8-9-10-11-14-17(20)16-13-12-15-28(25-4,26-5)19(16,24-3)18(7-2)27(21,22)23/h16,18H,6-15H2,1-5H3,(H,21,22,23). The number of Topliss-reactive ketones (excluding diaryl/α,β-unsaturated/α-hetero) is 1. The van der Waals surface area contributed by atoms with Gasteiger partial charge in [-0.2, -0.15) is 8.42 Å². The highest BCUT2D eigenvalue weighted by Gasteiger charge is 2.70. The van der Waals surface area contributed by atoms with Crippen molar-refractivity contribution in [3.8, 4) is 0 Å². The lowest BCUT2D eigenvalue weighted by Gasteiger charge is -2.54. The van der Waals surface area contributed by atoms with E-state index in [0.29, 0.717) is 25.3 Å². The Morgan fingerprint density at radius 2 is 1.75 bits per heavy atom. The van der Waals surface area contributed by atoms with Gasteiger partial charge in [-0.1, -0.05) is 46.0 Å². The minimum Gasteiger partial charge on any atom is -0.396 e. The Bertz CT molecular complexity index is 591. The van der Waals surface area contributed by atoms with Crippen LogP contribution in [0.5, 0.6) is 0 Å². The molecule has 1 saturated heterocycles. The van der Waals surface area contributed by atoms with Gasteiger partial charge in [0.25, 0.3) is 10.1 Å². The summed E-state index contributed by atoms with van der Waals surface area (Å²) in [6.45, 7) is 3.81. The molecule has 3 atom stereocenters. The van der Waals surface area contributed by atoms with Crippen molar-refractivity contribution in [2.75, 3.05) is 21.3 Å². The van der Waals surface area contributed by atoms with Gasteiger partial charge >= 0.3 is 8.56 Å². The van der Waals surface area contributed by atoms with E-state index in [1.54, 1.807) is 6.92 Å². The predicted molar refractivity (Wildman–Crippen MR) is 111 cm³/mol. The van der Waals surface area contributed by atoms with E-state index in [1.165, 1.54) is 21.3 Å². The van der Waals surface area contributed by atoms with Crippen LogP contribution in [0.15, 0.2) is 0 Å². The molecule has 0 aromatic carbocycles. The van der Waals surface area contributed by atoms with Crippen LogP contribution < -0.4 is 0 Å². The molecular formula is C19H38O7SSi. The molecule has 166 valence electrons. The smallest absolute Gasteiger partial charge is 0.372 e. The average molecular weight is 439 g/mol. The third-order valence-electron chi connectivity index (χ3n) is 6.23. The summed E-state index contributed by atoms with van der Waals surface area (Å²) in [5.74, 6) is -0.693. The van der Waals surface area contributed by atoms with E-state index < -0.39 is 35.1 Å². The second-order valence-corrected chi connectivity index (χ2v) is 12.8. The van der Waals surface area contributed by atoms with Gasteiger partial charge in [-0.05, 0) is 25.3 Å². The number of carbonyl (C=O) groups excluding carboxylic acids is 1. The van der Waals surface area contributed by atoms with Crippen molar-refractivity contribution in [1.29, 1.82) is 0 Å². The van der Waals surface area contributed by atoms with Crippen LogP contribution in [0.4, 0.5) is 0 Å². The summed E-state index contributed by atoms with van der Waals surface area (Å²) < 4.78 is 52.2. The molecule has 0 bridgehead atoms. The first-order chi connectivity index (χ1) is 13.2. The third-order valence-corrected chi connectivity index (χ3v) is 12.3. The molecule has 1 heterocycles. The van der Waals surface area contributed by atoms with Crippen molar-refractivity contribution >= 4 is 24.5 Å². The van der Waals surface area contributed by atoms with Crippen LogP contribution >= 0.6 is 0 Å². The molecule has 1 N–H and O–H groups in total. The van der Waals surface area contributed by atoms with Crippen molar-refractivity contribution in [2.24, 2.45) is 5.92 Å². The van der Waals surface area contributed by atoms with Crippen LogP contribution in [0.25, 0.3) is 0 Å². The molecule has 1 aliphatic rings. The topological polar surface area (TPSA) is 99.1 Å². The summed E-state index contributed by atoms with van der Waals surface area (Å²) in [5, 5.41) is -2.75. The maximum absolute atomic E-state index is 13.2. The normalized spacial score (nSPS) is 26.1. The van der Waals surface area contributed by atoms with E-state index in [-0.39, 0.29) is 12.2 Å². The van der Waals surface area contributed by atoms with Gasteiger partial charge in [0.1, 0.15) is 16.3 Å². The van der Waals surface area contributed by atoms with Crippen LogP contribution in [0.1, 0.15) is 71.6 Å². The van der Waals surface area contributed by atoms with Crippen molar-refractivity contribution < 1.29 is 31.4 Å². The van der Waals surface area contributed by atoms with E-state index in [2.05, 4.69) is 6.92 Å². The summed E-state index contributed by atoms with van der Waals surface area (Å²) >= 11 is 0. The van der Waals surface area contributed by atoms with E-state index >= 15 is 0 Å². The monoisotopic (exact) mass is 438 g/mol. The lowest BCUT2D eigenvalue weighted by atomic mass is 9.85. The van der Waals surface area contributed by atoms with Crippen LogP contribution in [-0.4, -0.2) is 59.1 Å². The van der Waals surface area contributed by atoms with Gasteiger partial charge < -0.3 is 13.6 Å². The van der Waals surface area contributed by atoms with Crippen LogP contribution in [-0.2, 0) is 28.5 Å². The maximum atomic E-state index is 13.2. The number of hydrogen-bond donors (Lipinski definition) is 1. The van der Waals surface area contributed by atoms with Crippen LogP contribution in [0.3, 0.4) is 0 Å². The Morgan fingerprint density at radius 1 is 1.14 bits per heavy atom. The van der Waals surface area contributed by atoms with Crippen LogP contribution in [0.2, 0.25) is 6.04 Å². The van der Waals surface area contributed by atoms with E-state index in [1.807, 2.05) is 0 Å². The molecule has 7 nitrogen and oxygen atoms in total. The minimum absolute atomic E-state index is 0.0221. The Hall–Kier alpha value is -0.323. The van der Waals surface area contributed by atoms with Crippen LogP contribution in [0, 0.1) is 5.92 Å². The third kappa shape index (κ3) is 5.04. The number of methoxy groups -OCH3 is 1. The number of carbonyl (C=O) groups is 1. The molecule has 0 saturated carbocycles. The summed E-state index contributed by atoms with van der Waals surface area (Å²) in [7, 11) is -3.38. The van der Waals surface area contributed by atoms with Crippen molar-refractivity contribution in [2.45, 2.75) is 88.2 Å². The first-order valence-electron chi connectivity index (χ1n) is 10.3. The fourth-order valence-electron chi connectivity index (χ4n) is 4.93. The molecule has 0 amide bonds. The lowest BCUT2D eigenvalue weighted by molar-refractivity contribution is -0.134. The molecule has 0 aliphatic carbocycles. The number of ketones is 1. The maximum Gasteiger partial charge on any atom is 0.372 e. The number of ether oxygens (including phenoxy) is 1. The first kappa shape index (κ1) is 25.7. The fraction of sp³-hybridized carbons (Fsp3) is 0.947. The van der Waals surface area contributed by atoms with Crippen molar-refractivity contribution in [1.82, 2.24) is 0 Å². The Labute approximate surface area is 171 Å². The predicted octanol–water partition coefficient (Wildman–Crippen LogP) is 3.65. The highest BCUT2D eigenvalue weighted by molar-refractivity contribution is 7.86. The summed E-state index contributed by atoms with van der Waals surface area (Å²) in [4.78, 5) is 13.2. The van der Waals surface area contributed by atoms with Gasteiger partial charge in [-0.15, -0.1) is 0 Å². The molecule has 0 spiro atoms. The second kappa shape index (κ2) is 11.2. The Balaban J connectivity index is 3.33. The summed E-state index contributed by atoms with van der Waals surface area (Å²) in [6, 6.07) is 0.514. The van der Waals surface area contributed by atoms with E-state index in [0.717, 1.165) is 32.1 Å². The minimum atomic E-state index is -4.48. The van der Waals surface area contributed by atoms with Crippen molar-refractivity contribution in [3.63, 3.8) is 0 Å². The quantitative estimate of drug-likeness (QED) is 0.266. The van der Waals surface area contributed by atoms with Gasteiger partial charge in [-0.3, -0.25) is 9.35 Å². The lowest BCUT2D eigenvalue weighted by Crippen LogP contribution is -2.75. The first-order valence-corrected chi connectivity index (χ1v) is 13.9. The van der Waals surface area contributed by atoms with Gasteiger partial charge in [0.05, 0.1) is 5.92 Å². The zero-order valence-corrected chi connectivity index (χ0v) is 19.8. The summed E-state index contributed by atoms with van der Waals surface area (Å²) in [5.41, 5.74) is 0. The highest BCUT2D eigenvalue weighted by atomic mass is 32.2. The largest absolute Gasteiger partial charge is 0.396 e. The molecule has 28 heavy (non-hydrogen) atoms. The van der Waals surface area contributed by atoms with Gasteiger partial charge in [0.2, 0.25) is 0 Å². The number of hydrogen-bond acceptors (Lipinski definition) is 6. The highest BCUT2D eigenvalue weighted by Crippen LogP contribution is 2.49. The van der Waals surface area contributed by atoms with E-state index in [9.17, 15) is 17.8 Å². The average Bonchev–Trinajstić information content (AvgIpc) is 2.66. The number of rotatable bonds is 13. The molecule has 0 radical (unpaired) electrons. The Morgan fingerprint density at radius 3 is 2.21 bits per heavy atom.